The molecule has 20 heavy (non-hydrogen) atoms. The normalized spacial score (nSPS) is 13.2. The Labute approximate surface area is 115 Å². The third-order valence-corrected chi connectivity index (χ3v) is 2.92. The van der Waals surface area contributed by atoms with Crippen molar-refractivity contribution in [3.63, 3.8) is 0 Å². The Bertz CT molecular complexity index is 455. The van der Waals surface area contributed by atoms with Gasteiger partial charge in [0.05, 0.1) is 18.6 Å². The van der Waals surface area contributed by atoms with Crippen molar-refractivity contribution in [3.05, 3.63) is 29.8 Å². The number of carbonyl (C=O) groups excluding carboxylic acids is 1. The fourth-order valence-electron chi connectivity index (χ4n) is 1.69. The Morgan fingerprint density at radius 1 is 1.25 bits per heavy atom. The van der Waals surface area contributed by atoms with E-state index < -0.39 is 23.6 Å². The Hall–Kier alpha value is -1.72. The summed E-state index contributed by atoms with van der Waals surface area (Å²) in [6.45, 7) is 3.40. The molecule has 0 aromatic heterocycles. The van der Waals surface area contributed by atoms with E-state index in [0.717, 1.165) is 6.07 Å². The number of hydrogen-bond acceptors (Lipinski definition) is 3. The largest absolute Gasteiger partial charge is 0.492 e. The van der Waals surface area contributed by atoms with Gasteiger partial charge in [0.2, 0.25) is 0 Å². The van der Waals surface area contributed by atoms with Gasteiger partial charge < -0.3 is 9.47 Å². The summed E-state index contributed by atoms with van der Waals surface area (Å²) in [5, 5.41) is 0. The third-order valence-electron chi connectivity index (χ3n) is 2.92. The van der Waals surface area contributed by atoms with Crippen LogP contribution in [0.1, 0.15) is 19.4 Å². The van der Waals surface area contributed by atoms with E-state index in [1.54, 1.807) is 13.8 Å². The van der Waals surface area contributed by atoms with E-state index in [9.17, 15) is 18.0 Å². The zero-order valence-corrected chi connectivity index (χ0v) is 11.5. The minimum atomic E-state index is -4.49. The fourth-order valence-corrected chi connectivity index (χ4v) is 1.69. The maximum atomic E-state index is 12.8. The first-order valence-electron chi connectivity index (χ1n) is 6.14. The second kappa shape index (κ2) is 6.63. The second-order valence-electron chi connectivity index (χ2n) is 4.68. The molecule has 0 saturated carbocycles. The highest BCUT2D eigenvalue weighted by molar-refractivity contribution is 5.72. The first kappa shape index (κ1) is 16.3. The number of alkyl halides is 3. The lowest BCUT2D eigenvalue weighted by Gasteiger charge is -2.20. The van der Waals surface area contributed by atoms with Crippen LogP contribution in [-0.4, -0.2) is 19.7 Å². The zero-order valence-electron chi connectivity index (χ0n) is 11.5. The van der Waals surface area contributed by atoms with E-state index in [4.69, 9.17) is 4.74 Å². The first-order chi connectivity index (χ1) is 9.27. The van der Waals surface area contributed by atoms with Gasteiger partial charge in [-0.2, -0.15) is 13.2 Å². The first-order valence-corrected chi connectivity index (χ1v) is 6.14. The van der Waals surface area contributed by atoms with Gasteiger partial charge in [-0.25, -0.2) is 0 Å². The molecule has 112 valence electrons. The summed E-state index contributed by atoms with van der Waals surface area (Å²) >= 11 is 0. The van der Waals surface area contributed by atoms with Crippen molar-refractivity contribution < 1.29 is 27.4 Å². The van der Waals surface area contributed by atoms with Gasteiger partial charge in [0.15, 0.2) is 0 Å². The molecule has 3 nitrogen and oxygen atoms in total. The topological polar surface area (TPSA) is 35.5 Å². The van der Waals surface area contributed by atoms with E-state index in [-0.39, 0.29) is 18.3 Å². The summed E-state index contributed by atoms with van der Waals surface area (Å²) in [7, 11) is 1.24. The van der Waals surface area contributed by atoms with E-state index in [2.05, 4.69) is 4.74 Å². The Morgan fingerprint density at radius 2 is 1.85 bits per heavy atom. The molecular formula is C14H17F3O3. The fraction of sp³-hybridized carbons (Fsp3) is 0.500. The van der Waals surface area contributed by atoms with Gasteiger partial charge in [-0.05, 0) is 18.1 Å². The molecule has 0 saturated heterocycles. The van der Waals surface area contributed by atoms with Crippen LogP contribution in [0.4, 0.5) is 13.2 Å². The number of ether oxygens (including phenoxy) is 2. The van der Waals surface area contributed by atoms with Crippen molar-refractivity contribution in [2.75, 3.05) is 13.7 Å². The zero-order chi connectivity index (χ0) is 15.3. The highest BCUT2D eigenvalue weighted by Crippen LogP contribution is 2.36. The van der Waals surface area contributed by atoms with E-state index in [1.165, 1.54) is 25.3 Å². The summed E-state index contributed by atoms with van der Waals surface area (Å²) in [6.07, 6.45) is -4.49. The molecule has 1 aromatic carbocycles. The van der Waals surface area contributed by atoms with Gasteiger partial charge in [0, 0.05) is 0 Å². The van der Waals surface area contributed by atoms with Crippen molar-refractivity contribution in [1.82, 2.24) is 0 Å². The SMILES string of the molecule is COC(=O)C(COc1ccccc1C(F)(F)F)C(C)C. The second-order valence-corrected chi connectivity index (χ2v) is 4.68. The van der Waals surface area contributed by atoms with Crippen LogP contribution in [0, 0.1) is 11.8 Å². The average Bonchev–Trinajstić information content (AvgIpc) is 2.37. The van der Waals surface area contributed by atoms with Crippen LogP contribution < -0.4 is 4.74 Å². The molecule has 0 aliphatic heterocycles. The number of hydrogen-bond donors (Lipinski definition) is 0. The number of carbonyl (C=O) groups is 1. The van der Waals surface area contributed by atoms with Gasteiger partial charge in [-0.1, -0.05) is 26.0 Å². The molecule has 1 unspecified atom stereocenters. The van der Waals surface area contributed by atoms with Gasteiger partial charge in [-0.3, -0.25) is 4.79 Å². The average molecular weight is 290 g/mol. The summed E-state index contributed by atoms with van der Waals surface area (Å²) in [5.74, 6) is -1.49. The number of esters is 1. The third kappa shape index (κ3) is 4.15. The van der Waals surface area contributed by atoms with E-state index in [0.29, 0.717) is 0 Å². The minimum absolute atomic E-state index is 0.0968. The van der Waals surface area contributed by atoms with Gasteiger partial charge >= 0.3 is 12.1 Å². The maximum Gasteiger partial charge on any atom is 0.419 e. The molecule has 6 heteroatoms. The number of rotatable bonds is 5. The van der Waals surface area contributed by atoms with Crippen molar-refractivity contribution in [2.24, 2.45) is 11.8 Å². The van der Waals surface area contributed by atoms with Crippen LogP contribution >= 0.6 is 0 Å². The lowest BCUT2D eigenvalue weighted by molar-refractivity contribution is -0.148. The van der Waals surface area contributed by atoms with Gasteiger partial charge in [0.25, 0.3) is 0 Å². The van der Waals surface area contributed by atoms with Crippen molar-refractivity contribution in [1.29, 1.82) is 0 Å². The van der Waals surface area contributed by atoms with E-state index in [1.807, 2.05) is 0 Å². The Kier molecular flexibility index (Phi) is 5.42. The summed E-state index contributed by atoms with van der Waals surface area (Å²) in [6, 6.07) is 4.92. The summed E-state index contributed by atoms with van der Waals surface area (Å²) < 4.78 is 48.2. The van der Waals surface area contributed by atoms with Crippen molar-refractivity contribution >= 4 is 5.97 Å². The molecule has 0 radical (unpaired) electrons. The Balaban J connectivity index is 2.86. The summed E-state index contributed by atoms with van der Waals surface area (Å²) in [5.41, 5.74) is -0.854. The molecule has 1 atom stereocenters. The smallest absolute Gasteiger partial charge is 0.419 e. The summed E-state index contributed by atoms with van der Waals surface area (Å²) in [4.78, 5) is 11.5. The van der Waals surface area contributed by atoms with Gasteiger partial charge in [-0.15, -0.1) is 0 Å². The molecule has 0 fully saturated rings. The van der Waals surface area contributed by atoms with Crippen LogP contribution in [-0.2, 0) is 15.7 Å². The van der Waals surface area contributed by atoms with Crippen LogP contribution in [0.3, 0.4) is 0 Å². The number of halogens is 3. The van der Waals surface area contributed by atoms with Gasteiger partial charge in [0.1, 0.15) is 12.4 Å². The minimum Gasteiger partial charge on any atom is -0.492 e. The number of para-hydroxylation sites is 1. The quantitative estimate of drug-likeness (QED) is 0.778. The van der Waals surface area contributed by atoms with Crippen LogP contribution in [0.2, 0.25) is 0 Å². The molecule has 0 N–H and O–H groups in total. The lowest BCUT2D eigenvalue weighted by atomic mass is 9.97. The lowest BCUT2D eigenvalue weighted by Crippen LogP contribution is -2.28. The highest BCUT2D eigenvalue weighted by atomic mass is 19.4. The Morgan fingerprint density at radius 3 is 2.35 bits per heavy atom. The molecule has 0 aliphatic carbocycles. The van der Waals surface area contributed by atoms with Crippen molar-refractivity contribution in [2.45, 2.75) is 20.0 Å². The van der Waals surface area contributed by atoms with Crippen molar-refractivity contribution in [3.8, 4) is 5.75 Å². The van der Waals surface area contributed by atoms with Crippen LogP contribution in [0.5, 0.6) is 5.75 Å². The molecule has 0 heterocycles. The molecular weight excluding hydrogens is 273 g/mol. The molecule has 0 bridgehead atoms. The number of methoxy groups -OCH3 is 1. The highest BCUT2D eigenvalue weighted by Gasteiger charge is 2.34. The number of benzene rings is 1. The van der Waals surface area contributed by atoms with E-state index >= 15 is 0 Å². The van der Waals surface area contributed by atoms with Crippen LogP contribution in [0.25, 0.3) is 0 Å². The molecule has 0 aliphatic rings. The monoisotopic (exact) mass is 290 g/mol. The molecule has 1 rings (SSSR count). The maximum absolute atomic E-state index is 12.8. The predicted molar refractivity (Wildman–Crippen MR) is 67.3 cm³/mol. The standard InChI is InChI=1S/C14H17F3O3/c1-9(2)10(13(18)19-3)8-20-12-7-5-4-6-11(12)14(15,16)17/h4-7,9-10H,8H2,1-3H3. The molecule has 0 spiro atoms. The molecule has 1 aromatic rings. The molecule has 0 amide bonds. The predicted octanol–water partition coefficient (Wildman–Crippen LogP) is 3.53. The van der Waals surface area contributed by atoms with Crippen LogP contribution in [0.15, 0.2) is 24.3 Å².